The maximum absolute atomic E-state index is 12.5. The smallest absolute Gasteiger partial charge is 0.278 e. The molecule has 104 valence electrons. The highest BCUT2D eigenvalue weighted by molar-refractivity contribution is 6.35. The van der Waals surface area contributed by atoms with E-state index in [1.54, 1.807) is 32.4 Å². The standard InChI is InChI=1S/C14H12Cl2N2O2/c1-18(10-5-3-4-6-11(10)20-2)14(19)13-9(15)7-8-12(16)17-13/h3-8H,1-2H3. The molecule has 1 aromatic heterocycles. The molecule has 2 aromatic rings. The first kappa shape index (κ1) is 14.6. The number of anilines is 1. The first-order valence-electron chi connectivity index (χ1n) is 5.77. The summed E-state index contributed by atoms with van der Waals surface area (Å²) < 4.78 is 5.23. The Morgan fingerprint density at radius 3 is 2.60 bits per heavy atom. The number of amides is 1. The van der Waals surface area contributed by atoms with Gasteiger partial charge in [-0.1, -0.05) is 35.3 Å². The number of halogens is 2. The van der Waals surface area contributed by atoms with Crippen molar-refractivity contribution in [3.05, 3.63) is 52.3 Å². The molecule has 0 radical (unpaired) electrons. The van der Waals surface area contributed by atoms with Crippen LogP contribution in [0.2, 0.25) is 10.2 Å². The van der Waals surface area contributed by atoms with Crippen molar-refractivity contribution < 1.29 is 9.53 Å². The molecule has 1 amide bonds. The summed E-state index contributed by atoms with van der Waals surface area (Å²) in [5.74, 6) is 0.225. The first-order chi connectivity index (χ1) is 9.54. The number of para-hydroxylation sites is 2. The Bertz CT molecular complexity index is 647. The van der Waals surface area contributed by atoms with Crippen molar-refractivity contribution >= 4 is 34.8 Å². The molecule has 0 atom stereocenters. The minimum absolute atomic E-state index is 0.104. The van der Waals surface area contributed by atoms with Gasteiger partial charge in [-0.05, 0) is 24.3 Å². The largest absolute Gasteiger partial charge is 0.495 e. The van der Waals surface area contributed by atoms with Gasteiger partial charge < -0.3 is 9.64 Å². The van der Waals surface area contributed by atoms with Crippen molar-refractivity contribution in [1.82, 2.24) is 4.98 Å². The third-order valence-electron chi connectivity index (χ3n) is 2.77. The Balaban J connectivity index is 2.40. The molecule has 0 N–H and O–H groups in total. The predicted molar refractivity (Wildman–Crippen MR) is 80.0 cm³/mol. The molecule has 20 heavy (non-hydrogen) atoms. The van der Waals surface area contributed by atoms with E-state index in [0.717, 1.165) is 0 Å². The molecule has 0 aliphatic heterocycles. The summed E-state index contributed by atoms with van der Waals surface area (Å²) in [4.78, 5) is 17.8. The molecule has 0 bridgehead atoms. The molecule has 0 aliphatic carbocycles. The fraction of sp³-hybridized carbons (Fsp3) is 0.143. The van der Waals surface area contributed by atoms with E-state index in [0.29, 0.717) is 11.4 Å². The van der Waals surface area contributed by atoms with Gasteiger partial charge in [-0.2, -0.15) is 0 Å². The van der Waals surface area contributed by atoms with E-state index in [-0.39, 0.29) is 21.8 Å². The highest BCUT2D eigenvalue weighted by atomic mass is 35.5. The van der Waals surface area contributed by atoms with Crippen LogP contribution in [0.15, 0.2) is 36.4 Å². The zero-order valence-corrected chi connectivity index (χ0v) is 12.4. The summed E-state index contributed by atoms with van der Waals surface area (Å²) in [5, 5.41) is 0.465. The van der Waals surface area contributed by atoms with Crippen LogP contribution in [0.5, 0.6) is 5.75 Å². The molecule has 0 saturated heterocycles. The quantitative estimate of drug-likeness (QED) is 0.812. The monoisotopic (exact) mass is 310 g/mol. The Morgan fingerprint density at radius 1 is 1.20 bits per heavy atom. The minimum atomic E-state index is -0.359. The summed E-state index contributed by atoms with van der Waals surface area (Å²) in [5.41, 5.74) is 0.727. The van der Waals surface area contributed by atoms with Crippen molar-refractivity contribution in [3.8, 4) is 5.75 Å². The number of ether oxygens (including phenoxy) is 1. The molecular weight excluding hydrogens is 299 g/mol. The van der Waals surface area contributed by atoms with Gasteiger partial charge in [0.15, 0.2) is 0 Å². The van der Waals surface area contributed by atoms with Gasteiger partial charge >= 0.3 is 0 Å². The average molecular weight is 311 g/mol. The molecular formula is C14H12Cl2N2O2. The Kier molecular flexibility index (Phi) is 4.47. The van der Waals surface area contributed by atoms with Gasteiger partial charge in [-0.3, -0.25) is 4.79 Å². The summed E-state index contributed by atoms with van der Waals surface area (Å²) in [6.07, 6.45) is 0. The fourth-order valence-electron chi connectivity index (χ4n) is 1.74. The zero-order chi connectivity index (χ0) is 14.7. The van der Waals surface area contributed by atoms with Gasteiger partial charge in [0.25, 0.3) is 5.91 Å². The second-order valence-electron chi connectivity index (χ2n) is 4.00. The van der Waals surface area contributed by atoms with Crippen LogP contribution in [0.1, 0.15) is 10.5 Å². The molecule has 0 saturated carbocycles. The lowest BCUT2D eigenvalue weighted by molar-refractivity contribution is 0.0988. The van der Waals surface area contributed by atoms with E-state index in [4.69, 9.17) is 27.9 Å². The minimum Gasteiger partial charge on any atom is -0.495 e. The number of hydrogen-bond donors (Lipinski definition) is 0. The topological polar surface area (TPSA) is 42.4 Å². The van der Waals surface area contributed by atoms with Crippen molar-refractivity contribution in [2.45, 2.75) is 0 Å². The van der Waals surface area contributed by atoms with E-state index < -0.39 is 0 Å². The number of carbonyl (C=O) groups excluding carboxylic acids is 1. The van der Waals surface area contributed by atoms with E-state index in [1.807, 2.05) is 12.1 Å². The molecule has 0 spiro atoms. The number of rotatable bonds is 3. The summed E-state index contributed by atoms with van der Waals surface area (Å²) >= 11 is 11.8. The van der Waals surface area contributed by atoms with Crippen LogP contribution in [-0.4, -0.2) is 25.0 Å². The third-order valence-corrected chi connectivity index (χ3v) is 3.28. The second-order valence-corrected chi connectivity index (χ2v) is 4.79. The molecule has 2 rings (SSSR count). The van der Waals surface area contributed by atoms with Crippen LogP contribution in [0.4, 0.5) is 5.69 Å². The zero-order valence-electron chi connectivity index (χ0n) is 10.9. The summed E-state index contributed by atoms with van der Waals surface area (Å²) in [6, 6.07) is 10.3. The maximum atomic E-state index is 12.5. The van der Waals surface area contributed by atoms with E-state index in [9.17, 15) is 4.79 Å². The van der Waals surface area contributed by atoms with Crippen LogP contribution >= 0.6 is 23.2 Å². The van der Waals surface area contributed by atoms with Crippen molar-refractivity contribution in [2.75, 3.05) is 19.1 Å². The van der Waals surface area contributed by atoms with E-state index in [1.165, 1.54) is 11.0 Å². The Hall–Kier alpha value is -1.78. The lowest BCUT2D eigenvalue weighted by atomic mass is 10.2. The maximum Gasteiger partial charge on any atom is 0.278 e. The van der Waals surface area contributed by atoms with Gasteiger partial charge in [0.1, 0.15) is 16.6 Å². The highest BCUT2D eigenvalue weighted by Gasteiger charge is 2.20. The lowest BCUT2D eigenvalue weighted by Crippen LogP contribution is -2.27. The Labute approximate surface area is 126 Å². The molecule has 1 heterocycles. The first-order valence-corrected chi connectivity index (χ1v) is 6.53. The van der Waals surface area contributed by atoms with Crippen molar-refractivity contribution in [3.63, 3.8) is 0 Å². The summed E-state index contributed by atoms with van der Waals surface area (Å²) in [7, 11) is 3.17. The number of methoxy groups -OCH3 is 1. The van der Waals surface area contributed by atoms with Gasteiger partial charge in [-0.15, -0.1) is 0 Å². The van der Waals surface area contributed by atoms with Gasteiger partial charge in [0.2, 0.25) is 0 Å². The van der Waals surface area contributed by atoms with Gasteiger partial charge in [0, 0.05) is 7.05 Å². The number of pyridine rings is 1. The van der Waals surface area contributed by atoms with Crippen LogP contribution in [0, 0.1) is 0 Å². The molecule has 6 heteroatoms. The average Bonchev–Trinajstić information content (AvgIpc) is 2.48. The molecule has 0 fully saturated rings. The number of nitrogens with zero attached hydrogens (tertiary/aromatic N) is 2. The Morgan fingerprint density at radius 2 is 1.90 bits per heavy atom. The lowest BCUT2D eigenvalue weighted by Gasteiger charge is -2.19. The SMILES string of the molecule is COc1ccccc1N(C)C(=O)c1nc(Cl)ccc1Cl. The summed E-state index contributed by atoms with van der Waals surface area (Å²) in [6.45, 7) is 0. The number of hydrogen-bond acceptors (Lipinski definition) is 3. The van der Waals surface area contributed by atoms with E-state index in [2.05, 4.69) is 4.98 Å². The van der Waals surface area contributed by atoms with Crippen LogP contribution in [-0.2, 0) is 0 Å². The van der Waals surface area contributed by atoms with Crippen LogP contribution in [0.25, 0.3) is 0 Å². The fourth-order valence-corrected chi connectivity index (χ4v) is 2.08. The molecule has 1 aromatic carbocycles. The van der Waals surface area contributed by atoms with Crippen molar-refractivity contribution in [1.29, 1.82) is 0 Å². The van der Waals surface area contributed by atoms with Crippen LogP contribution in [0.3, 0.4) is 0 Å². The highest BCUT2D eigenvalue weighted by Crippen LogP contribution is 2.28. The number of carbonyl (C=O) groups is 1. The molecule has 0 aliphatic rings. The van der Waals surface area contributed by atoms with Crippen molar-refractivity contribution in [2.24, 2.45) is 0 Å². The second kappa shape index (κ2) is 6.11. The van der Waals surface area contributed by atoms with E-state index >= 15 is 0 Å². The van der Waals surface area contributed by atoms with Gasteiger partial charge in [0.05, 0.1) is 17.8 Å². The predicted octanol–water partition coefficient (Wildman–Crippen LogP) is 3.67. The molecule has 4 nitrogen and oxygen atoms in total. The third kappa shape index (κ3) is 2.86. The molecule has 0 unspecified atom stereocenters. The van der Waals surface area contributed by atoms with Gasteiger partial charge in [-0.25, -0.2) is 4.98 Å². The number of aromatic nitrogens is 1. The van der Waals surface area contributed by atoms with Crippen LogP contribution < -0.4 is 9.64 Å². The normalized spacial score (nSPS) is 10.2. The number of benzene rings is 1.